The second kappa shape index (κ2) is 7.78. The average molecular weight is 299 g/mol. The molecule has 114 valence electrons. The van der Waals surface area contributed by atoms with E-state index in [1.807, 2.05) is 6.92 Å². The van der Waals surface area contributed by atoms with E-state index in [0.29, 0.717) is 23.7 Å². The molecule has 0 radical (unpaired) electrons. The van der Waals surface area contributed by atoms with Crippen LogP contribution in [0.3, 0.4) is 0 Å². The maximum absolute atomic E-state index is 12.1. The summed E-state index contributed by atoms with van der Waals surface area (Å²) in [7, 11) is 1.55. The largest absolute Gasteiger partial charge is 0.493 e. The summed E-state index contributed by atoms with van der Waals surface area (Å²) in [5.41, 5.74) is 3.76. The van der Waals surface area contributed by atoms with Crippen molar-refractivity contribution in [2.24, 2.45) is 5.10 Å². The predicted molar refractivity (Wildman–Crippen MR) is 83.5 cm³/mol. The van der Waals surface area contributed by atoms with E-state index >= 15 is 0 Å². The normalized spacial score (nSPS) is 10.5. The van der Waals surface area contributed by atoms with Gasteiger partial charge in [-0.25, -0.2) is 5.43 Å². The molecule has 22 heavy (non-hydrogen) atoms. The second-order valence-electron chi connectivity index (χ2n) is 4.28. The lowest BCUT2D eigenvalue weighted by Crippen LogP contribution is -2.17. The summed E-state index contributed by atoms with van der Waals surface area (Å²) in [5, 5.41) is 3.91. The molecular formula is C16H17N3O3. The van der Waals surface area contributed by atoms with Crippen molar-refractivity contribution in [3.8, 4) is 11.5 Å². The first-order valence-corrected chi connectivity index (χ1v) is 6.79. The number of hydrogen-bond acceptors (Lipinski definition) is 5. The Labute approximate surface area is 128 Å². The highest BCUT2D eigenvalue weighted by Gasteiger charge is 2.10. The molecule has 0 saturated heterocycles. The van der Waals surface area contributed by atoms with Crippen LogP contribution >= 0.6 is 0 Å². The zero-order valence-corrected chi connectivity index (χ0v) is 12.4. The smallest absolute Gasteiger partial charge is 0.271 e. The van der Waals surface area contributed by atoms with Crippen LogP contribution in [0.1, 0.15) is 22.8 Å². The molecule has 6 heteroatoms. The minimum absolute atomic E-state index is 0.325. The van der Waals surface area contributed by atoms with E-state index in [1.165, 1.54) is 0 Å². The van der Waals surface area contributed by atoms with Crippen molar-refractivity contribution in [1.82, 2.24) is 10.4 Å². The maximum Gasteiger partial charge on any atom is 0.271 e. The number of benzene rings is 1. The Morgan fingerprint density at radius 1 is 1.27 bits per heavy atom. The third-order valence-electron chi connectivity index (χ3n) is 2.81. The van der Waals surface area contributed by atoms with E-state index in [1.54, 1.807) is 56.0 Å². The number of aromatic nitrogens is 1. The van der Waals surface area contributed by atoms with Gasteiger partial charge in [-0.3, -0.25) is 9.78 Å². The highest BCUT2D eigenvalue weighted by Crippen LogP contribution is 2.27. The number of carbonyl (C=O) groups excluding carboxylic acids is 1. The van der Waals surface area contributed by atoms with Gasteiger partial charge < -0.3 is 9.47 Å². The van der Waals surface area contributed by atoms with Gasteiger partial charge in [-0.1, -0.05) is 0 Å². The number of hydrazone groups is 1. The van der Waals surface area contributed by atoms with Crippen molar-refractivity contribution in [2.75, 3.05) is 13.7 Å². The lowest BCUT2D eigenvalue weighted by Gasteiger charge is -2.10. The third kappa shape index (κ3) is 4.05. The fourth-order valence-electron chi connectivity index (χ4n) is 1.77. The first-order chi connectivity index (χ1) is 10.7. The van der Waals surface area contributed by atoms with Gasteiger partial charge in [0.2, 0.25) is 0 Å². The zero-order valence-electron chi connectivity index (χ0n) is 12.4. The van der Waals surface area contributed by atoms with E-state index in [0.717, 1.165) is 5.56 Å². The van der Waals surface area contributed by atoms with Gasteiger partial charge in [0.05, 0.1) is 19.9 Å². The summed E-state index contributed by atoms with van der Waals surface area (Å²) in [6, 6.07) is 8.54. The highest BCUT2D eigenvalue weighted by molar-refractivity contribution is 5.95. The SMILES string of the molecule is CCOc1cc(C(=O)N/N=C\c2ccncc2)ccc1OC. The Kier molecular flexibility index (Phi) is 5.48. The van der Waals surface area contributed by atoms with Crippen molar-refractivity contribution >= 4 is 12.1 Å². The van der Waals surface area contributed by atoms with Crippen molar-refractivity contribution in [3.63, 3.8) is 0 Å². The lowest BCUT2D eigenvalue weighted by atomic mass is 10.2. The number of hydrogen-bond donors (Lipinski definition) is 1. The summed E-state index contributed by atoms with van der Waals surface area (Å²) in [6.07, 6.45) is 4.86. The summed E-state index contributed by atoms with van der Waals surface area (Å²) >= 11 is 0. The van der Waals surface area contributed by atoms with E-state index in [-0.39, 0.29) is 5.91 Å². The molecule has 0 fully saturated rings. The lowest BCUT2D eigenvalue weighted by molar-refractivity contribution is 0.0954. The molecule has 0 aliphatic carbocycles. The minimum Gasteiger partial charge on any atom is -0.493 e. The zero-order chi connectivity index (χ0) is 15.8. The van der Waals surface area contributed by atoms with Crippen LogP contribution < -0.4 is 14.9 Å². The third-order valence-corrected chi connectivity index (χ3v) is 2.81. The van der Waals surface area contributed by atoms with E-state index in [9.17, 15) is 4.79 Å². The first-order valence-electron chi connectivity index (χ1n) is 6.79. The molecule has 0 saturated carbocycles. The first kappa shape index (κ1) is 15.5. The van der Waals surface area contributed by atoms with E-state index < -0.39 is 0 Å². The minimum atomic E-state index is -0.325. The van der Waals surface area contributed by atoms with E-state index in [2.05, 4.69) is 15.5 Å². The number of rotatable bonds is 6. The number of nitrogens with zero attached hydrogens (tertiary/aromatic N) is 2. The van der Waals surface area contributed by atoms with Gasteiger partial charge in [0.1, 0.15) is 0 Å². The van der Waals surface area contributed by atoms with Crippen molar-refractivity contribution < 1.29 is 14.3 Å². The maximum atomic E-state index is 12.1. The van der Waals surface area contributed by atoms with Crippen LogP contribution in [0.2, 0.25) is 0 Å². The Balaban J connectivity index is 2.06. The van der Waals surface area contributed by atoms with E-state index in [4.69, 9.17) is 9.47 Å². The number of nitrogens with one attached hydrogen (secondary N) is 1. The van der Waals surface area contributed by atoms with Crippen molar-refractivity contribution in [3.05, 3.63) is 53.9 Å². The molecule has 0 bridgehead atoms. The average Bonchev–Trinajstić information content (AvgIpc) is 2.56. The molecule has 2 rings (SSSR count). The highest BCUT2D eigenvalue weighted by atomic mass is 16.5. The van der Waals surface area contributed by atoms with Gasteiger partial charge >= 0.3 is 0 Å². The summed E-state index contributed by atoms with van der Waals surface area (Å²) in [4.78, 5) is 16.0. The topological polar surface area (TPSA) is 72.8 Å². The molecule has 1 aromatic heterocycles. The fourth-order valence-corrected chi connectivity index (χ4v) is 1.77. The molecule has 1 aromatic carbocycles. The van der Waals surface area contributed by atoms with Crippen LogP contribution in [0.15, 0.2) is 47.8 Å². The Morgan fingerprint density at radius 2 is 2.05 bits per heavy atom. The molecule has 0 aliphatic rings. The van der Waals surface area contributed by atoms with Gasteiger partial charge in [0.25, 0.3) is 5.91 Å². The monoisotopic (exact) mass is 299 g/mol. The van der Waals surface area contributed by atoms with Crippen LogP contribution in [0.25, 0.3) is 0 Å². The van der Waals surface area contributed by atoms with Gasteiger partial charge in [0, 0.05) is 18.0 Å². The Morgan fingerprint density at radius 3 is 2.73 bits per heavy atom. The quantitative estimate of drug-likeness (QED) is 0.656. The van der Waals surface area contributed by atoms with Gasteiger partial charge in [-0.05, 0) is 42.8 Å². The number of carbonyl (C=O) groups is 1. The molecular weight excluding hydrogens is 282 g/mol. The fraction of sp³-hybridized carbons (Fsp3) is 0.188. The van der Waals surface area contributed by atoms with Gasteiger partial charge in [0.15, 0.2) is 11.5 Å². The van der Waals surface area contributed by atoms with Crippen molar-refractivity contribution in [1.29, 1.82) is 0 Å². The second-order valence-corrected chi connectivity index (χ2v) is 4.28. The van der Waals surface area contributed by atoms with Crippen LogP contribution in [-0.2, 0) is 0 Å². The number of amides is 1. The number of methoxy groups -OCH3 is 1. The standard InChI is InChI=1S/C16H17N3O3/c1-3-22-15-10-13(4-5-14(15)21-2)16(20)19-18-11-12-6-8-17-9-7-12/h4-11H,3H2,1-2H3,(H,19,20)/b18-11-. The summed E-state index contributed by atoms with van der Waals surface area (Å²) in [5.74, 6) is 0.781. The molecule has 2 aromatic rings. The van der Waals surface area contributed by atoms with Crippen LogP contribution in [-0.4, -0.2) is 30.8 Å². The molecule has 1 N–H and O–H groups in total. The van der Waals surface area contributed by atoms with Crippen LogP contribution in [0, 0.1) is 0 Å². The molecule has 0 atom stereocenters. The predicted octanol–water partition coefficient (Wildman–Crippen LogP) is 2.25. The molecule has 1 amide bonds. The summed E-state index contributed by atoms with van der Waals surface area (Å²) in [6.45, 7) is 2.35. The Hall–Kier alpha value is -2.89. The summed E-state index contributed by atoms with van der Waals surface area (Å²) < 4.78 is 10.6. The number of pyridine rings is 1. The number of ether oxygens (including phenoxy) is 2. The molecule has 0 unspecified atom stereocenters. The molecule has 6 nitrogen and oxygen atoms in total. The molecule has 1 heterocycles. The van der Waals surface area contributed by atoms with Crippen molar-refractivity contribution in [2.45, 2.75) is 6.92 Å². The van der Waals surface area contributed by atoms with Gasteiger partial charge in [-0.2, -0.15) is 5.10 Å². The molecule has 0 spiro atoms. The Bertz CT molecular complexity index is 657. The van der Waals surface area contributed by atoms with Crippen LogP contribution in [0.4, 0.5) is 0 Å². The van der Waals surface area contributed by atoms with Gasteiger partial charge in [-0.15, -0.1) is 0 Å². The van der Waals surface area contributed by atoms with Crippen LogP contribution in [0.5, 0.6) is 11.5 Å². The molecule has 0 aliphatic heterocycles.